The van der Waals surface area contributed by atoms with E-state index in [0.717, 1.165) is 31.6 Å². The molecule has 4 aliphatic rings. The van der Waals surface area contributed by atoms with E-state index >= 15 is 0 Å². The molecule has 104 valence electrons. The third-order valence-electron chi connectivity index (χ3n) is 5.86. The standard InChI is InChI=1S/C16H17NO3/c18-8-1-2-10-12-5-9-11(6-13(19)15-14(9)20-15)16(10,7-8)3-4-17-12/h6,10,12,17,19H,1-5,7H2/t10-,12+,16-/m0/s1. The van der Waals surface area contributed by atoms with Crippen molar-refractivity contribution in [2.75, 3.05) is 6.54 Å². The second-order valence-electron chi connectivity index (χ2n) is 6.71. The van der Waals surface area contributed by atoms with Crippen molar-refractivity contribution in [1.29, 1.82) is 0 Å². The van der Waals surface area contributed by atoms with Crippen molar-refractivity contribution in [1.82, 2.24) is 5.32 Å². The first-order valence-corrected chi connectivity index (χ1v) is 7.51. The van der Waals surface area contributed by atoms with Crippen LogP contribution in [-0.4, -0.2) is 23.5 Å². The molecule has 5 rings (SSSR count). The summed E-state index contributed by atoms with van der Waals surface area (Å²) in [6, 6.07) is 2.34. The van der Waals surface area contributed by atoms with Crippen LogP contribution in [0.3, 0.4) is 0 Å². The molecule has 0 amide bonds. The van der Waals surface area contributed by atoms with Gasteiger partial charge in [-0.15, -0.1) is 0 Å². The highest BCUT2D eigenvalue weighted by Gasteiger charge is 2.55. The number of phenols is 1. The fourth-order valence-electron chi connectivity index (χ4n) is 5.01. The number of aromatic hydroxyl groups is 1. The minimum atomic E-state index is -0.0582. The largest absolute Gasteiger partial charge is 0.504 e. The molecule has 20 heavy (non-hydrogen) atoms. The van der Waals surface area contributed by atoms with Crippen molar-refractivity contribution < 1.29 is 14.6 Å². The van der Waals surface area contributed by atoms with E-state index in [1.165, 1.54) is 11.1 Å². The Morgan fingerprint density at radius 2 is 2.30 bits per heavy atom. The molecule has 1 aromatic rings. The number of fused-ring (bicyclic) bond motifs is 3. The van der Waals surface area contributed by atoms with Crippen molar-refractivity contribution >= 4 is 5.78 Å². The third kappa shape index (κ3) is 1.19. The summed E-state index contributed by atoms with van der Waals surface area (Å²) < 4.78 is 5.47. The Morgan fingerprint density at radius 1 is 1.40 bits per heavy atom. The third-order valence-corrected chi connectivity index (χ3v) is 5.86. The van der Waals surface area contributed by atoms with E-state index in [2.05, 4.69) is 5.32 Å². The van der Waals surface area contributed by atoms with Gasteiger partial charge >= 0.3 is 0 Å². The highest BCUT2D eigenvalue weighted by molar-refractivity contribution is 5.82. The fourth-order valence-corrected chi connectivity index (χ4v) is 5.01. The van der Waals surface area contributed by atoms with Gasteiger partial charge in [-0.05, 0) is 43.4 Å². The molecule has 0 unspecified atom stereocenters. The highest BCUT2D eigenvalue weighted by Crippen LogP contribution is 2.62. The molecular weight excluding hydrogens is 254 g/mol. The van der Waals surface area contributed by atoms with Crippen LogP contribution in [0.15, 0.2) is 6.07 Å². The fraction of sp³-hybridized carbons (Fsp3) is 0.562. The number of carbonyl (C=O) groups excluding carboxylic acids is 1. The number of Topliss-reactive ketones (excluding diaryl/α,β-unsaturated/α-hetero) is 1. The monoisotopic (exact) mass is 271 g/mol. The quantitative estimate of drug-likeness (QED) is 0.720. The Balaban J connectivity index is 1.77. The molecule has 4 heteroatoms. The summed E-state index contributed by atoms with van der Waals surface area (Å²) in [5.74, 6) is 2.68. The molecule has 0 radical (unpaired) electrons. The maximum absolute atomic E-state index is 12.1. The lowest BCUT2D eigenvalue weighted by molar-refractivity contribution is -0.125. The summed E-state index contributed by atoms with van der Waals surface area (Å²) >= 11 is 0. The van der Waals surface area contributed by atoms with Gasteiger partial charge in [-0.25, -0.2) is 0 Å². The molecule has 2 aliphatic carbocycles. The maximum atomic E-state index is 12.1. The van der Waals surface area contributed by atoms with E-state index in [0.29, 0.717) is 36.3 Å². The lowest BCUT2D eigenvalue weighted by atomic mass is 9.52. The van der Waals surface area contributed by atoms with Crippen LogP contribution in [0.2, 0.25) is 0 Å². The minimum absolute atomic E-state index is 0.0582. The van der Waals surface area contributed by atoms with Crippen LogP contribution in [0, 0.1) is 5.92 Å². The van der Waals surface area contributed by atoms with Crippen molar-refractivity contribution in [3.8, 4) is 17.2 Å². The Morgan fingerprint density at radius 3 is 3.20 bits per heavy atom. The molecule has 1 saturated carbocycles. The zero-order valence-corrected chi connectivity index (χ0v) is 11.2. The van der Waals surface area contributed by atoms with Gasteiger partial charge in [0, 0.05) is 29.9 Å². The number of phenolic OH excluding ortho intramolecular Hbond substituents is 1. The van der Waals surface area contributed by atoms with Crippen molar-refractivity contribution in [2.45, 2.75) is 43.6 Å². The summed E-state index contributed by atoms with van der Waals surface area (Å²) in [7, 11) is 0. The smallest absolute Gasteiger partial charge is 0.211 e. The normalized spacial score (nSPS) is 36.5. The number of hydrogen-bond acceptors (Lipinski definition) is 4. The number of carbonyl (C=O) groups is 1. The second kappa shape index (κ2) is 3.37. The molecular formula is C16H17NO3. The molecule has 1 saturated heterocycles. The molecule has 4 nitrogen and oxygen atoms in total. The molecule has 2 bridgehead atoms. The van der Waals surface area contributed by atoms with E-state index in [-0.39, 0.29) is 11.2 Å². The lowest BCUT2D eigenvalue weighted by Gasteiger charge is -2.55. The van der Waals surface area contributed by atoms with E-state index in [1.54, 1.807) is 0 Å². The van der Waals surface area contributed by atoms with Gasteiger partial charge in [0.2, 0.25) is 5.75 Å². The molecule has 0 aromatic heterocycles. The zero-order chi connectivity index (χ0) is 13.5. The topological polar surface area (TPSA) is 61.9 Å². The Kier molecular flexibility index (Phi) is 1.88. The molecule has 0 spiro atoms. The van der Waals surface area contributed by atoms with Gasteiger partial charge in [0.05, 0.1) is 0 Å². The van der Waals surface area contributed by atoms with Crippen molar-refractivity contribution in [3.05, 3.63) is 17.2 Å². The average molecular weight is 271 g/mol. The van der Waals surface area contributed by atoms with E-state index < -0.39 is 0 Å². The minimum Gasteiger partial charge on any atom is -0.504 e. The number of benzene rings is 1. The van der Waals surface area contributed by atoms with Crippen LogP contribution in [0.5, 0.6) is 17.2 Å². The second-order valence-corrected chi connectivity index (χ2v) is 6.71. The Labute approximate surface area is 117 Å². The van der Waals surface area contributed by atoms with Crippen LogP contribution in [0.1, 0.15) is 36.8 Å². The van der Waals surface area contributed by atoms with E-state index in [4.69, 9.17) is 4.74 Å². The first-order valence-electron chi connectivity index (χ1n) is 7.51. The SMILES string of the molecule is O=C1CC[C@H]2[C@H]3Cc4c(cc(O)c5c4O5)[C@@]2(CCN3)C1. The summed E-state index contributed by atoms with van der Waals surface area (Å²) in [6.07, 6.45) is 4.30. The Bertz CT molecular complexity index is 654. The van der Waals surface area contributed by atoms with E-state index in [1.807, 2.05) is 6.07 Å². The van der Waals surface area contributed by atoms with Crippen LogP contribution in [-0.2, 0) is 16.6 Å². The number of piperidine rings is 1. The first kappa shape index (κ1) is 11.1. The van der Waals surface area contributed by atoms with Gasteiger partial charge in [0.1, 0.15) is 5.78 Å². The number of hydrogen-bond donors (Lipinski definition) is 2. The van der Waals surface area contributed by atoms with Gasteiger partial charge in [0.15, 0.2) is 11.5 Å². The molecule has 2 heterocycles. The summed E-state index contributed by atoms with van der Waals surface area (Å²) in [6.45, 7) is 0.965. The molecule has 1 aromatic carbocycles. The van der Waals surface area contributed by atoms with E-state index in [9.17, 15) is 9.90 Å². The molecule has 3 atom stereocenters. The molecule has 2 aliphatic heterocycles. The number of ketones is 1. The van der Waals surface area contributed by atoms with Crippen molar-refractivity contribution in [3.63, 3.8) is 0 Å². The van der Waals surface area contributed by atoms with Gasteiger partial charge in [-0.1, -0.05) is 0 Å². The van der Waals surface area contributed by atoms with Crippen LogP contribution < -0.4 is 10.1 Å². The predicted octanol–water partition coefficient (Wildman–Crippen LogP) is 2.02. The summed E-state index contributed by atoms with van der Waals surface area (Å²) in [5.41, 5.74) is 2.38. The number of ether oxygens (including phenoxy) is 1. The number of rotatable bonds is 0. The van der Waals surface area contributed by atoms with Crippen LogP contribution in [0.4, 0.5) is 0 Å². The van der Waals surface area contributed by atoms with Gasteiger partial charge < -0.3 is 15.2 Å². The first-order chi connectivity index (χ1) is 9.69. The lowest BCUT2D eigenvalue weighted by Crippen LogP contribution is -2.60. The highest BCUT2D eigenvalue weighted by atomic mass is 16.6. The summed E-state index contributed by atoms with van der Waals surface area (Å²) in [4.78, 5) is 12.1. The van der Waals surface area contributed by atoms with Gasteiger partial charge in [0.25, 0.3) is 0 Å². The average Bonchev–Trinajstić information content (AvgIpc) is 3.21. The Hall–Kier alpha value is -1.55. The van der Waals surface area contributed by atoms with Crippen molar-refractivity contribution in [2.24, 2.45) is 5.92 Å². The van der Waals surface area contributed by atoms with Crippen LogP contribution >= 0.6 is 0 Å². The predicted molar refractivity (Wildman–Crippen MR) is 72.3 cm³/mol. The van der Waals surface area contributed by atoms with Gasteiger partial charge in [-0.2, -0.15) is 0 Å². The molecule has 2 fully saturated rings. The van der Waals surface area contributed by atoms with Gasteiger partial charge in [-0.3, -0.25) is 4.79 Å². The summed E-state index contributed by atoms with van der Waals surface area (Å²) in [5, 5.41) is 13.7. The zero-order valence-electron chi connectivity index (χ0n) is 11.2. The maximum Gasteiger partial charge on any atom is 0.211 e. The van der Waals surface area contributed by atoms with Crippen LogP contribution in [0.25, 0.3) is 0 Å². The number of nitrogens with one attached hydrogen (secondary N) is 1. The molecule has 2 N–H and O–H groups in total.